The minimum Gasteiger partial charge on any atom is -0.460 e. The highest BCUT2D eigenvalue weighted by molar-refractivity contribution is 7.97. The Hall–Kier alpha value is -7.14. The van der Waals surface area contributed by atoms with Crippen molar-refractivity contribution in [1.82, 2.24) is 24.9 Å². The second kappa shape index (κ2) is 27.2. The number of ketones is 2. The van der Waals surface area contributed by atoms with Gasteiger partial charge in [-0.2, -0.15) is 0 Å². The number of nitrogen functional groups attached to an aromatic ring is 1. The number of pyridine rings is 5. The van der Waals surface area contributed by atoms with E-state index in [2.05, 4.69) is 43.0 Å². The van der Waals surface area contributed by atoms with Crippen molar-refractivity contribution in [2.24, 2.45) is 33.8 Å². The molecule has 0 saturated heterocycles. The molecule has 100 heavy (non-hydrogen) atoms. The minimum absolute atomic E-state index is 0.0249. The zero-order chi connectivity index (χ0) is 74.3. The molecule has 4 N–H and O–H groups in total. The largest absolute Gasteiger partial charge is 0.460 e. The predicted octanol–water partition coefficient (Wildman–Crippen LogP) is 12.3. The van der Waals surface area contributed by atoms with Gasteiger partial charge in [-0.15, -0.1) is 0 Å². The van der Waals surface area contributed by atoms with E-state index < -0.39 is 116 Å². The SMILES string of the molecule is CC(C)(C)OC(=O)CC1=N[C@](C)(c2nc(N)ccc2F)[C@@H]2CCN=[S@]2(=O)C1(C)C.Cc1cc(Cl)cnc1C(=O)Cc1ccc(F)c([C@@]2(C)N=C(CC(=O)OC(C)(C)C)C(C)(C)[S@@]3(=O)=NCC[C@@H]23)n1.Cc1cc(Cl)cnc1C(=O)Cc1ccc(F)c([C@@]2(C)N=C(N)C(C)(C)[S@@]3(=O)=NCC[C@@H]23)n1. The van der Waals surface area contributed by atoms with E-state index in [4.69, 9.17) is 54.1 Å². The molecule has 0 bridgehead atoms. The molecule has 5 aromatic heterocycles. The lowest BCUT2D eigenvalue weighted by atomic mass is 9.88. The minimum atomic E-state index is -2.98. The summed E-state index contributed by atoms with van der Waals surface area (Å²) in [4.78, 5) is 87.1. The fourth-order valence-electron chi connectivity index (χ4n) is 13.9. The van der Waals surface area contributed by atoms with Crippen LogP contribution in [-0.2, 0) is 77.7 Å². The van der Waals surface area contributed by atoms with E-state index in [-0.39, 0.29) is 77.4 Å². The second-order valence-corrected chi connectivity index (χ2v) is 39.7. The van der Waals surface area contributed by atoms with Gasteiger partial charge in [0.1, 0.15) is 90.1 Å². The second-order valence-electron chi connectivity index (χ2n) is 29.9. The molecule has 6 aliphatic rings. The fraction of sp³-hybridized carbons (Fsp3) is 0.543. The number of anilines is 1. The van der Waals surface area contributed by atoms with Crippen molar-refractivity contribution in [2.45, 2.75) is 220 Å². The predicted molar refractivity (Wildman–Crippen MR) is 384 cm³/mol. The Balaban J connectivity index is 0.000000177. The first-order chi connectivity index (χ1) is 46.1. The molecule has 9 atom stereocenters. The van der Waals surface area contributed by atoms with Gasteiger partial charge in [0.2, 0.25) is 0 Å². The molecule has 0 spiro atoms. The molecule has 0 aliphatic carbocycles. The van der Waals surface area contributed by atoms with Crippen molar-refractivity contribution in [2.75, 3.05) is 25.4 Å². The number of nitrogens with zero attached hydrogens (tertiary/aromatic N) is 11. The Morgan fingerprint density at radius 3 is 1.19 bits per heavy atom. The molecule has 0 unspecified atom stereocenters. The highest BCUT2D eigenvalue weighted by Gasteiger charge is 2.61. The van der Waals surface area contributed by atoms with Crippen LogP contribution in [0.1, 0.15) is 197 Å². The van der Waals surface area contributed by atoms with Gasteiger partial charge in [0.05, 0.1) is 90.2 Å². The Bertz CT molecular complexity index is 4720. The molecule has 0 amide bonds. The van der Waals surface area contributed by atoms with Crippen molar-refractivity contribution in [3.05, 3.63) is 139 Å². The van der Waals surface area contributed by atoms with Crippen molar-refractivity contribution in [1.29, 1.82) is 0 Å². The van der Waals surface area contributed by atoms with Gasteiger partial charge < -0.3 is 20.9 Å². The van der Waals surface area contributed by atoms with Gasteiger partial charge in [-0.3, -0.25) is 54.1 Å². The number of hydrogen-bond donors (Lipinski definition) is 2. The van der Waals surface area contributed by atoms with E-state index in [1.165, 1.54) is 48.8 Å². The van der Waals surface area contributed by atoms with Crippen LogP contribution in [0, 0.1) is 31.3 Å². The number of carbonyl (C=O) groups excluding carboxylic acids is 4. The quantitative estimate of drug-likeness (QED) is 0.0817. The van der Waals surface area contributed by atoms with Gasteiger partial charge in [0.25, 0.3) is 0 Å². The van der Waals surface area contributed by atoms with Crippen LogP contribution in [0.5, 0.6) is 0 Å². The average Bonchev–Trinajstić information content (AvgIpc) is 1.38. The Labute approximate surface area is 593 Å². The number of Topliss-reactive ketones (excluding diaryl/α,β-unsaturated/α-hetero) is 2. The molecule has 11 rings (SSSR count). The number of esters is 2. The number of aromatic nitrogens is 5. The topological polar surface area (TPSA) is 329 Å². The first-order valence-electron chi connectivity index (χ1n) is 32.8. The maximum absolute atomic E-state index is 15.5. The Kier molecular flexibility index (Phi) is 21.0. The molecule has 0 radical (unpaired) electrons. The van der Waals surface area contributed by atoms with Gasteiger partial charge >= 0.3 is 11.9 Å². The average molecular weight is 1480 g/mol. The number of fused-ring (bicyclic) bond motifs is 3. The van der Waals surface area contributed by atoms with Crippen molar-refractivity contribution in [3.63, 3.8) is 0 Å². The number of amidine groups is 1. The molecule has 0 aromatic carbocycles. The van der Waals surface area contributed by atoms with Crippen molar-refractivity contribution in [3.8, 4) is 0 Å². The highest BCUT2D eigenvalue weighted by atomic mass is 35.5. The van der Waals surface area contributed by atoms with Crippen LogP contribution in [0.15, 0.2) is 89.0 Å². The third-order valence-corrected chi connectivity index (χ3v) is 30.8. The van der Waals surface area contributed by atoms with E-state index in [0.29, 0.717) is 82.9 Å². The standard InChI is InChI=1S/C28H34ClFN4O4S.C22H25ClFN5O2S.C20H29FN4O3S/c1-16-12-17(29)15-31-24(16)20(35)13-18-8-9-19(30)25(33-18)28(7)22-10-11-32-39(22,37)27(5,6)21(34-28)14-23(36)38-26(2,3)4;1-12-9-13(23)11-26-18(12)16(30)10-14-5-6-15(24)19(28-14)22(4)17-7-8-27-32(17,31)21(2,3)20(25)29-22;1-18(2,3)28-16(26)11-13-19(4,5)29(27)14(9-10-23-29)20(6,25-13)17-12(21)7-8-15(22)24-17/h8-9,12,15,22H,10-11,13-14H2,1-7H3;5-6,9,11,17H,7-8,10H2,1-4H3,(H2,25,29);7-8,14H,9-11H2,1-6H3,(H2,22,24)/t22-,28-,39+;17-,22-,32+;14-,20-,29+/m000/s1. The Morgan fingerprint density at radius 2 is 0.840 bits per heavy atom. The summed E-state index contributed by atoms with van der Waals surface area (Å²) in [5, 5.41) is -0.836. The summed E-state index contributed by atoms with van der Waals surface area (Å²) >= 11 is 11.9. The maximum atomic E-state index is 15.5. The number of aryl methyl sites for hydroxylation is 2. The van der Waals surface area contributed by atoms with E-state index in [0.717, 1.165) is 0 Å². The van der Waals surface area contributed by atoms with Gasteiger partial charge in [0.15, 0.2) is 11.6 Å². The number of carbonyl (C=O) groups is 4. The zero-order valence-corrected chi connectivity index (χ0v) is 63.4. The summed E-state index contributed by atoms with van der Waals surface area (Å²) in [6.45, 7) is 30.9. The van der Waals surface area contributed by atoms with Crippen LogP contribution < -0.4 is 11.5 Å². The van der Waals surface area contributed by atoms with Gasteiger partial charge in [-0.05, 0) is 197 Å². The van der Waals surface area contributed by atoms with Crippen LogP contribution in [0.3, 0.4) is 0 Å². The van der Waals surface area contributed by atoms with Crippen LogP contribution >= 0.6 is 23.2 Å². The summed E-state index contributed by atoms with van der Waals surface area (Å²) in [6, 6.07) is 11.3. The number of aliphatic imine (C=N–C) groups is 3. The van der Waals surface area contributed by atoms with Crippen LogP contribution in [0.2, 0.25) is 10.0 Å². The lowest BCUT2D eigenvalue weighted by molar-refractivity contribution is -0.154. The van der Waals surface area contributed by atoms with Gasteiger partial charge in [0, 0.05) is 54.8 Å². The molecule has 0 saturated carbocycles. The lowest BCUT2D eigenvalue weighted by Gasteiger charge is -2.45. The number of hydrogen-bond acceptors (Lipinski definition) is 22. The normalized spacial score (nSPS) is 28.2. The van der Waals surface area contributed by atoms with E-state index in [9.17, 15) is 36.2 Å². The monoisotopic (exact) mass is 1480 g/mol. The van der Waals surface area contributed by atoms with Crippen LogP contribution in [0.25, 0.3) is 0 Å². The maximum Gasteiger partial charge on any atom is 0.312 e. The molecule has 540 valence electrons. The highest BCUT2D eigenvalue weighted by Crippen LogP contribution is 2.52. The summed E-state index contributed by atoms with van der Waals surface area (Å²) in [5.41, 5.74) is 10.0. The number of halogens is 5. The smallest absolute Gasteiger partial charge is 0.312 e. The molecule has 11 heterocycles. The first kappa shape index (κ1) is 77.0. The summed E-state index contributed by atoms with van der Waals surface area (Å²) in [6.07, 6.45) is 3.68. The van der Waals surface area contributed by atoms with E-state index in [1.807, 2.05) is 0 Å². The number of rotatable bonds is 13. The summed E-state index contributed by atoms with van der Waals surface area (Å²) in [7, 11) is -8.65. The number of nitrogens with two attached hydrogens (primary N) is 2. The summed E-state index contributed by atoms with van der Waals surface area (Å²) < 4.78 is 109. The van der Waals surface area contributed by atoms with Crippen molar-refractivity contribution >= 4 is 99.0 Å². The van der Waals surface area contributed by atoms with Gasteiger partial charge in [-0.1, -0.05) is 23.2 Å². The van der Waals surface area contributed by atoms with E-state index >= 15 is 8.78 Å². The van der Waals surface area contributed by atoms with E-state index in [1.54, 1.807) is 130 Å². The molecule has 22 nitrogen and oxygen atoms in total. The van der Waals surface area contributed by atoms with Crippen molar-refractivity contribution < 1.29 is 54.4 Å². The number of ether oxygens (including phenoxy) is 2. The Morgan fingerprint density at radius 1 is 0.510 bits per heavy atom. The first-order valence-corrected chi connectivity index (χ1v) is 38.2. The molecule has 30 heteroatoms. The zero-order valence-electron chi connectivity index (χ0n) is 59.4. The molecule has 5 aromatic rings. The molecule has 0 fully saturated rings. The van der Waals surface area contributed by atoms with Crippen LogP contribution in [-0.4, -0.2) is 139 Å². The fourth-order valence-corrected chi connectivity index (χ4v) is 24.0. The van der Waals surface area contributed by atoms with Crippen LogP contribution in [0.4, 0.5) is 19.0 Å². The lowest BCUT2D eigenvalue weighted by Crippen LogP contribution is -2.58. The molecular formula is C70H88Cl2F3N13O9S3. The third kappa shape index (κ3) is 14.3. The third-order valence-electron chi connectivity index (χ3n) is 19.2. The molecule has 6 aliphatic heterocycles. The summed E-state index contributed by atoms with van der Waals surface area (Å²) in [5.74, 6) is -3.04. The molecular weight excluding hydrogens is 1390 g/mol. The van der Waals surface area contributed by atoms with Gasteiger partial charge in [-0.25, -0.2) is 43.9 Å².